The number of fused-ring (bicyclic) bond motifs is 1. The number of anilines is 1. The first-order valence-electron chi connectivity index (χ1n) is 6.55. The first kappa shape index (κ1) is 12.4. The second kappa shape index (κ2) is 5.57. The molecular formula is C15H16ClN3. The van der Waals surface area contributed by atoms with Gasteiger partial charge < -0.3 is 4.90 Å². The van der Waals surface area contributed by atoms with Gasteiger partial charge in [-0.3, -0.25) is 0 Å². The molecule has 0 saturated carbocycles. The van der Waals surface area contributed by atoms with Crippen LogP contribution in [0.3, 0.4) is 0 Å². The quantitative estimate of drug-likeness (QED) is 0.788. The van der Waals surface area contributed by atoms with Crippen LogP contribution in [0.2, 0.25) is 0 Å². The van der Waals surface area contributed by atoms with Crippen LogP contribution in [0.4, 0.5) is 5.95 Å². The Balaban J connectivity index is 1.77. The number of aromatic nitrogens is 2. The molecule has 0 amide bonds. The van der Waals surface area contributed by atoms with Crippen LogP contribution in [-0.4, -0.2) is 23.1 Å². The zero-order chi connectivity index (χ0) is 13.1. The van der Waals surface area contributed by atoms with Crippen LogP contribution >= 0.6 is 11.6 Å². The Morgan fingerprint density at radius 1 is 1.00 bits per heavy atom. The van der Waals surface area contributed by atoms with Gasteiger partial charge >= 0.3 is 0 Å². The Morgan fingerprint density at radius 3 is 2.11 bits per heavy atom. The molecule has 19 heavy (non-hydrogen) atoms. The standard InChI is InChI=1S/C15H16ClN3/c16-9-12-10-17-15(18-11-12)19-7-5-13-3-1-2-4-14(13)6-8-19/h1-4,10-11H,5-9H2. The Kier molecular flexibility index (Phi) is 3.65. The molecule has 0 fully saturated rings. The van der Waals surface area contributed by atoms with Crippen LogP contribution in [0, 0.1) is 0 Å². The van der Waals surface area contributed by atoms with Crippen LogP contribution in [0.1, 0.15) is 16.7 Å². The lowest BCUT2D eigenvalue weighted by molar-refractivity contribution is 0.770. The van der Waals surface area contributed by atoms with Crippen LogP contribution in [0.25, 0.3) is 0 Å². The highest BCUT2D eigenvalue weighted by Crippen LogP contribution is 2.18. The van der Waals surface area contributed by atoms with E-state index in [1.54, 1.807) is 0 Å². The highest BCUT2D eigenvalue weighted by Gasteiger charge is 2.15. The molecule has 98 valence electrons. The van der Waals surface area contributed by atoms with Crippen molar-refractivity contribution in [3.8, 4) is 0 Å². The second-order valence-electron chi connectivity index (χ2n) is 4.78. The first-order chi connectivity index (χ1) is 9.36. The summed E-state index contributed by atoms with van der Waals surface area (Å²) in [6, 6.07) is 8.66. The van der Waals surface area contributed by atoms with Crippen molar-refractivity contribution >= 4 is 17.5 Å². The summed E-state index contributed by atoms with van der Waals surface area (Å²) < 4.78 is 0. The van der Waals surface area contributed by atoms with Gasteiger partial charge in [-0.25, -0.2) is 9.97 Å². The maximum atomic E-state index is 5.76. The molecule has 0 aliphatic carbocycles. The molecule has 0 radical (unpaired) electrons. The number of hydrogen-bond acceptors (Lipinski definition) is 3. The summed E-state index contributed by atoms with van der Waals surface area (Å²) in [5, 5.41) is 0. The van der Waals surface area contributed by atoms with E-state index in [4.69, 9.17) is 11.6 Å². The third-order valence-electron chi connectivity index (χ3n) is 3.55. The number of alkyl halides is 1. The molecule has 0 bridgehead atoms. The largest absolute Gasteiger partial charge is 0.340 e. The fourth-order valence-corrected chi connectivity index (χ4v) is 2.59. The van der Waals surface area contributed by atoms with E-state index < -0.39 is 0 Å². The third kappa shape index (κ3) is 2.71. The summed E-state index contributed by atoms with van der Waals surface area (Å²) in [6.45, 7) is 1.94. The van der Waals surface area contributed by atoms with Gasteiger partial charge in [0.1, 0.15) is 0 Å². The summed E-state index contributed by atoms with van der Waals surface area (Å²) in [6.07, 6.45) is 5.73. The summed E-state index contributed by atoms with van der Waals surface area (Å²) in [5.74, 6) is 1.27. The lowest BCUT2D eigenvalue weighted by Crippen LogP contribution is -2.27. The van der Waals surface area contributed by atoms with Gasteiger partial charge in [0.2, 0.25) is 5.95 Å². The maximum Gasteiger partial charge on any atom is 0.225 e. The number of rotatable bonds is 2. The number of halogens is 1. The van der Waals surface area contributed by atoms with Crippen LogP contribution < -0.4 is 4.90 Å². The Bertz CT molecular complexity index is 527. The van der Waals surface area contributed by atoms with Crippen LogP contribution in [0.15, 0.2) is 36.7 Å². The molecule has 1 aromatic heterocycles. The summed E-state index contributed by atoms with van der Waals surface area (Å²) in [5.41, 5.74) is 3.85. The van der Waals surface area contributed by atoms with Crippen molar-refractivity contribution in [3.63, 3.8) is 0 Å². The predicted molar refractivity (Wildman–Crippen MR) is 77.7 cm³/mol. The maximum absolute atomic E-state index is 5.76. The molecule has 0 atom stereocenters. The van der Waals surface area contributed by atoms with Crippen molar-refractivity contribution < 1.29 is 0 Å². The molecule has 1 aromatic carbocycles. The molecule has 2 heterocycles. The van der Waals surface area contributed by atoms with Crippen molar-refractivity contribution in [1.82, 2.24) is 9.97 Å². The molecule has 0 spiro atoms. The van der Waals surface area contributed by atoms with E-state index in [2.05, 4.69) is 39.1 Å². The minimum Gasteiger partial charge on any atom is -0.340 e. The Labute approximate surface area is 118 Å². The smallest absolute Gasteiger partial charge is 0.225 e. The van der Waals surface area contributed by atoms with Crippen LogP contribution in [-0.2, 0) is 18.7 Å². The molecule has 1 aliphatic rings. The van der Waals surface area contributed by atoms with Crippen molar-refractivity contribution in [3.05, 3.63) is 53.3 Å². The van der Waals surface area contributed by atoms with Crippen molar-refractivity contribution in [2.45, 2.75) is 18.7 Å². The molecule has 3 nitrogen and oxygen atoms in total. The molecule has 0 unspecified atom stereocenters. The van der Waals surface area contributed by atoms with Gasteiger partial charge in [0.25, 0.3) is 0 Å². The molecule has 2 aromatic rings. The number of benzene rings is 1. The van der Waals surface area contributed by atoms with E-state index in [0.29, 0.717) is 5.88 Å². The van der Waals surface area contributed by atoms with Gasteiger partial charge in [-0.2, -0.15) is 0 Å². The average molecular weight is 274 g/mol. The monoisotopic (exact) mass is 273 g/mol. The van der Waals surface area contributed by atoms with Crippen molar-refractivity contribution in [2.75, 3.05) is 18.0 Å². The van der Waals surface area contributed by atoms with E-state index in [0.717, 1.165) is 37.4 Å². The second-order valence-corrected chi connectivity index (χ2v) is 5.05. The Morgan fingerprint density at radius 2 is 1.58 bits per heavy atom. The van der Waals surface area contributed by atoms with E-state index in [-0.39, 0.29) is 0 Å². The zero-order valence-corrected chi connectivity index (χ0v) is 11.5. The van der Waals surface area contributed by atoms with Gasteiger partial charge in [0.05, 0.1) is 5.88 Å². The highest BCUT2D eigenvalue weighted by atomic mass is 35.5. The minimum atomic E-state index is 0.464. The van der Waals surface area contributed by atoms with E-state index in [1.807, 2.05) is 12.4 Å². The van der Waals surface area contributed by atoms with E-state index in [1.165, 1.54) is 11.1 Å². The molecule has 4 heteroatoms. The number of hydrogen-bond donors (Lipinski definition) is 0. The van der Waals surface area contributed by atoms with E-state index in [9.17, 15) is 0 Å². The molecule has 1 aliphatic heterocycles. The average Bonchev–Trinajstić information content (AvgIpc) is 2.70. The third-order valence-corrected chi connectivity index (χ3v) is 3.86. The van der Waals surface area contributed by atoms with Crippen molar-refractivity contribution in [2.24, 2.45) is 0 Å². The normalized spacial score (nSPS) is 14.9. The first-order valence-corrected chi connectivity index (χ1v) is 7.09. The lowest BCUT2D eigenvalue weighted by atomic mass is 10.0. The molecular weight excluding hydrogens is 258 g/mol. The molecule has 3 rings (SSSR count). The SMILES string of the molecule is ClCc1cnc(N2CCc3ccccc3CC2)nc1. The Hall–Kier alpha value is -1.61. The van der Waals surface area contributed by atoms with Gasteiger partial charge in [0.15, 0.2) is 0 Å². The fourth-order valence-electron chi connectivity index (χ4n) is 2.45. The minimum absolute atomic E-state index is 0.464. The lowest BCUT2D eigenvalue weighted by Gasteiger charge is -2.19. The number of nitrogens with zero attached hydrogens (tertiary/aromatic N) is 3. The summed E-state index contributed by atoms with van der Waals surface area (Å²) >= 11 is 5.76. The van der Waals surface area contributed by atoms with Gasteiger partial charge in [-0.1, -0.05) is 24.3 Å². The van der Waals surface area contributed by atoms with Gasteiger partial charge in [-0.15, -0.1) is 11.6 Å². The van der Waals surface area contributed by atoms with Gasteiger partial charge in [-0.05, 0) is 24.0 Å². The fraction of sp³-hybridized carbons (Fsp3) is 0.333. The zero-order valence-electron chi connectivity index (χ0n) is 10.7. The summed E-state index contributed by atoms with van der Waals surface area (Å²) in [7, 11) is 0. The van der Waals surface area contributed by atoms with Crippen molar-refractivity contribution in [1.29, 1.82) is 0 Å². The van der Waals surface area contributed by atoms with E-state index >= 15 is 0 Å². The van der Waals surface area contributed by atoms with Crippen LogP contribution in [0.5, 0.6) is 0 Å². The molecule has 0 saturated heterocycles. The highest BCUT2D eigenvalue weighted by molar-refractivity contribution is 6.17. The summed E-state index contributed by atoms with van der Waals surface area (Å²) in [4.78, 5) is 11.1. The topological polar surface area (TPSA) is 29.0 Å². The molecule has 0 N–H and O–H groups in total. The van der Waals surface area contributed by atoms with Gasteiger partial charge in [0, 0.05) is 31.0 Å². The predicted octanol–water partition coefficient (Wildman–Crippen LogP) is 2.82.